The number of benzene rings is 2. The molecular formula is C22H20N2O4. The Morgan fingerprint density at radius 2 is 1.68 bits per heavy atom. The van der Waals surface area contributed by atoms with Crippen LogP contribution in [0.4, 0.5) is 0 Å². The van der Waals surface area contributed by atoms with Crippen LogP contribution in [0.3, 0.4) is 0 Å². The van der Waals surface area contributed by atoms with Crippen LogP contribution in [0.5, 0.6) is 0 Å². The maximum atomic E-state index is 12.6. The number of carbonyl (C=O) groups excluding carboxylic acids is 2. The van der Waals surface area contributed by atoms with Crippen LogP contribution in [0.1, 0.15) is 37.7 Å². The summed E-state index contributed by atoms with van der Waals surface area (Å²) in [5.74, 6) is -0.808. The van der Waals surface area contributed by atoms with E-state index in [1.54, 1.807) is 6.07 Å². The van der Waals surface area contributed by atoms with Gasteiger partial charge >= 0.3 is 11.9 Å². The molecule has 2 aromatic carbocycles. The number of rotatable bonds is 4. The topological polar surface area (TPSA) is 84.2 Å². The van der Waals surface area contributed by atoms with Crippen LogP contribution in [0, 0.1) is 13.8 Å². The maximum absolute atomic E-state index is 12.6. The highest BCUT2D eigenvalue weighted by atomic mass is 16.5. The Balaban J connectivity index is 1.71. The third kappa shape index (κ3) is 2.93. The molecule has 28 heavy (non-hydrogen) atoms. The minimum absolute atomic E-state index is 0.219. The van der Waals surface area contributed by atoms with Gasteiger partial charge in [-0.1, -0.05) is 30.3 Å². The quantitative estimate of drug-likeness (QED) is 0.517. The number of ether oxygens (including phenoxy) is 2. The fraction of sp³-hybridized carbons (Fsp3) is 0.182. The number of aromatic amines is 2. The first-order chi connectivity index (χ1) is 13.5. The second kappa shape index (κ2) is 6.88. The molecule has 2 N–H and O–H groups in total. The molecule has 0 unspecified atom stereocenters. The largest absolute Gasteiger partial charge is 0.464 e. The molecular weight excluding hydrogens is 356 g/mol. The SMILES string of the molecule is COC(=O)c1cc2c(C)c3c(C)c(C(=O)OCc4ccccc4)[nH]c3cc2[nH]1. The van der Waals surface area contributed by atoms with Crippen LogP contribution in [-0.2, 0) is 16.1 Å². The van der Waals surface area contributed by atoms with E-state index in [0.717, 1.165) is 38.5 Å². The highest BCUT2D eigenvalue weighted by molar-refractivity contribution is 6.07. The molecule has 0 radical (unpaired) electrons. The van der Waals surface area contributed by atoms with Gasteiger partial charge in [-0.2, -0.15) is 0 Å². The standard InChI is InChI=1S/C22H20N2O4/c1-12-15-9-18(21(25)27-3)23-16(15)10-17-19(12)13(2)20(24-17)22(26)28-11-14-7-5-4-6-8-14/h4-10,23-24H,11H2,1-3H3. The van der Waals surface area contributed by atoms with E-state index < -0.39 is 11.9 Å². The molecule has 0 atom stereocenters. The molecule has 6 heteroatoms. The van der Waals surface area contributed by atoms with E-state index in [1.165, 1.54) is 7.11 Å². The third-order valence-corrected chi connectivity index (χ3v) is 5.02. The minimum atomic E-state index is -0.416. The van der Waals surface area contributed by atoms with Crippen LogP contribution >= 0.6 is 0 Å². The zero-order chi connectivity index (χ0) is 19.8. The number of aryl methyl sites for hydroxylation is 2. The number of methoxy groups -OCH3 is 1. The summed E-state index contributed by atoms with van der Waals surface area (Å²) in [4.78, 5) is 30.7. The molecule has 6 nitrogen and oxygen atoms in total. The number of carbonyl (C=O) groups is 2. The first-order valence-corrected chi connectivity index (χ1v) is 8.93. The Kier molecular flexibility index (Phi) is 4.39. The Morgan fingerprint density at radius 3 is 2.39 bits per heavy atom. The Bertz CT molecular complexity index is 1200. The van der Waals surface area contributed by atoms with Gasteiger partial charge in [0.25, 0.3) is 0 Å². The van der Waals surface area contributed by atoms with Crippen molar-refractivity contribution in [1.82, 2.24) is 9.97 Å². The summed E-state index contributed by atoms with van der Waals surface area (Å²) in [5.41, 5.74) is 5.19. The van der Waals surface area contributed by atoms with Crippen LogP contribution in [0.25, 0.3) is 21.8 Å². The molecule has 0 saturated heterocycles. The fourth-order valence-corrected chi connectivity index (χ4v) is 3.60. The average Bonchev–Trinajstić information content (AvgIpc) is 3.28. The van der Waals surface area contributed by atoms with Crippen LogP contribution in [-0.4, -0.2) is 29.0 Å². The summed E-state index contributed by atoms with van der Waals surface area (Å²) in [5, 5.41) is 1.87. The highest BCUT2D eigenvalue weighted by Crippen LogP contribution is 2.32. The smallest absolute Gasteiger partial charge is 0.355 e. The first-order valence-electron chi connectivity index (χ1n) is 8.93. The van der Waals surface area contributed by atoms with Crippen molar-refractivity contribution in [3.05, 3.63) is 70.5 Å². The lowest BCUT2D eigenvalue weighted by Gasteiger charge is -2.04. The molecule has 0 aliphatic heterocycles. The Morgan fingerprint density at radius 1 is 0.929 bits per heavy atom. The zero-order valence-electron chi connectivity index (χ0n) is 15.9. The summed E-state index contributed by atoms with van der Waals surface area (Å²) in [6, 6.07) is 13.2. The third-order valence-electron chi connectivity index (χ3n) is 5.02. The van der Waals surface area contributed by atoms with Crippen LogP contribution in [0.2, 0.25) is 0 Å². The van der Waals surface area contributed by atoms with Gasteiger partial charge in [-0.05, 0) is 42.7 Å². The maximum Gasteiger partial charge on any atom is 0.355 e. The van der Waals surface area contributed by atoms with Gasteiger partial charge < -0.3 is 19.4 Å². The number of nitrogens with one attached hydrogen (secondary N) is 2. The number of esters is 2. The van der Waals surface area contributed by atoms with E-state index in [2.05, 4.69) is 9.97 Å². The van der Waals surface area contributed by atoms with E-state index in [9.17, 15) is 9.59 Å². The van der Waals surface area contributed by atoms with Crippen molar-refractivity contribution in [2.75, 3.05) is 7.11 Å². The number of hydrogen-bond acceptors (Lipinski definition) is 4. The van der Waals surface area contributed by atoms with Gasteiger partial charge in [-0.3, -0.25) is 0 Å². The predicted octanol–water partition coefficient (Wildman–Crippen LogP) is 4.41. The van der Waals surface area contributed by atoms with Gasteiger partial charge in [0.15, 0.2) is 0 Å². The van der Waals surface area contributed by atoms with Crippen molar-refractivity contribution in [2.45, 2.75) is 20.5 Å². The second-order valence-corrected chi connectivity index (χ2v) is 6.75. The molecule has 4 rings (SSSR count). The van der Waals surface area contributed by atoms with Gasteiger partial charge in [0, 0.05) is 21.8 Å². The van der Waals surface area contributed by atoms with Crippen molar-refractivity contribution >= 4 is 33.7 Å². The summed E-state index contributed by atoms with van der Waals surface area (Å²) < 4.78 is 10.3. The average molecular weight is 376 g/mol. The van der Waals surface area contributed by atoms with Gasteiger partial charge in [0.2, 0.25) is 0 Å². The van der Waals surface area contributed by atoms with Crippen LogP contribution in [0.15, 0.2) is 42.5 Å². The monoisotopic (exact) mass is 376 g/mol. The normalized spacial score (nSPS) is 11.1. The number of hydrogen-bond donors (Lipinski definition) is 2. The molecule has 0 spiro atoms. The highest BCUT2D eigenvalue weighted by Gasteiger charge is 2.20. The molecule has 2 heterocycles. The molecule has 0 aliphatic rings. The summed E-state index contributed by atoms with van der Waals surface area (Å²) in [6.07, 6.45) is 0. The van der Waals surface area contributed by atoms with E-state index in [-0.39, 0.29) is 6.61 Å². The van der Waals surface area contributed by atoms with Crippen molar-refractivity contribution in [3.63, 3.8) is 0 Å². The summed E-state index contributed by atoms with van der Waals surface area (Å²) in [7, 11) is 1.35. The van der Waals surface area contributed by atoms with E-state index in [1.807, 2.05) is 50.2 Å². The summed E-state index contributed by atoms with van der Waals surface area (Å²) >= 11 is 0. The van der Waals surface area contributed by atoms with Crippen molar-refractivity contribution in [3.8, 4) is 0 Å². The molecule has 0 fully saturated rings. The lowest BCUT2D eigenvalue weighted by Crippen LogP contribution is -2.07. The Hall–Kier alpha value is -3.54. The van der Waals surface area contributed by atoms with E-state index in [0.29, 0.717) is 11.4 Å². The molecule has 0 aliphatic carbocycles. The lowest BCUT2D eigenvalue weighted by molar-refractivity contribution is 0.0465. The predicted molar refractivity (Wildman–Crippen MR) is 107 cm³/mol. The fourth-order valence-electron chi connectivity index (χ4n) is 3.60. The number of aromatic nitrogens is 2. The molecule has 2 aromatic heterocycles. The van der Waals surface area contributed by atoms with Crippen molar-refractivity contribution in [2.24, 2.45) is 0 Å². The van der Waals surface area contributed by atoms with Gasteiger partial charge in [-0.25, -0.2) is 9.59 Å². The second-order valence-electron chi connectivity index (χ2n) is 6.75. The Labute approximate surface area is 161 Å². The number of H-pyrrole nitrogens is 2. The summed E-state index contributed by atoms with van der Waals surface area (Å²) in [6.45, 7) is 4.08. The van der Waals surface area contributed by atoms with Gasteiger partial charge in [-0.15, -0.1) is 0 Å². The van der Waals surface area contributed by atoms with Gasteiger partial charge in [0.1, 0.15) is 18.0 Å². The molecule has 4 aromatic rings. The van der Waals surface area contributed by atoms with Crippen molar-refractivity contribution in [1.29, 1.82) is 0 Å². The van der Waals surface area contributed by atoms with Gasteiger partial charge in [0.05, 0.1) is 7.11 Å². The molecule has 0 saturated carbocycles. The molecule has 0 bridgehead atoms. The number of fused-ring (bicyclic) bond motifs is 2. The minimum Gasteiger partial charge on any atom is -0.464 e. The van der Waals surface area contributed by atoms with E-state index in [4.69, 9.17) is 9.47 Å². The lowest BCUT2D eigenvalue weighted by atomic mass is 10.0. The first kappa shape index (κ1) is 17.9. The zero-order valence-corrected chi connectivity index (χ0v) is 15.9. The van der Waals surface area contributed by atoms with E-state index >= 15 is 0 Å². The van der Waals surface area contributed by atoms with Crippen LogP contribution < -0.4 is 0 Å². The molecule has 0 amide bonds. The van der Waals surface area contributed by atoms with Crippen molar-refractivity contribution < 1.29 is 19.1 Å². The molecule has 142 valence electrons.